The van der Waals surface area contributed by atoms with Crippen LogP contribution in [0.2, 0.25) is 0 Å². The normalized spacial score (nSPS) is 19.6. The fourth-order valence-corrected chi connectivity index (χ4v) is 2.24. The number of piperidine rings is 1. The zero-order valence-electron chi connectivity index (χ0n) is 10.9. The molecule has 0 spiro atoms. The second kappa shape index (κ2) is 7.92. The first-order chi connectivity index (χ1) is 8.65. The third-order valence-electron chi connectivity index (χ3n) is 3.18. The maximum Gasteiger partial charge on any atom is 0.317 e. The number of hydrogen-bond donors (Lipinski definition) is 3. The number of nitrogens with zero attached hydrogens (tertiary/aromatic N) is 1. The lowest BCUT2D eigenvalue weighted by atomic mass is 10.00. The molecule has 1 unspecified atom stereocenters. The molecule has 0 saturated carbocycles. The quantitative estimate of drug-likeness (QED) is 0.610. The Hall–Kier alpha value is -1.30. The van der Waals surface area contributed by atoms with E-state index in [9.17, 15) is 9.59 Å². The number of nitrogens with one attached hydrogen (secondary N) is 2. The first kappa shape index (κ1) is 14.8. The molecule has 0 radical (unpaired) electrons. The fraction of sp³-hybridized carbons (Fsp3) is 0.833. The summed E-state index contributed by atoms with van der Waals surface area (Å²) in [5.74, 6) is -0.838. The molecule has 1 atom stereocenters. The maximum absolute atomic E-state index is 12.0. The Morgan fingerprint density at radius 2 is 2.11 bits per heavy atom. The molecular formula is C12H23N3O3. The lowest BCUT2D eigenvalue weighted by Crippen LogP contribution is -2.49. The van der Waals surface area contributed by atoms with E-state index in [4.69, 9.17) is 5.11 Å². The van der Waals surface area contributed by atoms with Crippen molar-refractivity contribution >= 4 is 12.0 Å². The summed E-state index contributed by atoms with van der Waals surface area (Å²) in [6.45, 7) is 2.14. The number of amides is 2. The van der Waals surface area contributed by atoms with Crippen LogP contribution in [0, 0.1) is 0 Å². The average Bonchev–Trinajstić information content (AvgIpc) is 2.34. The summed E-state index contributed by atoms with van der Waals surface area (Å²) in [6.07, 6.45) is 3.67. The van der Waals surface area contributed by atoms with Crippen LogP contribution in [-0.2, 0) is 4.79 Å². The zero-order chi connectivity index (χ0) is 13.4. The van der Waals surface area contributed by atoms with Gasteiger partial charge in [-0.3, -0.25) is 4.79 Å². The Labute approximate surface area is 108 Å². The minimum absolute atomic E-state index is 0.0456. The molecule has 0 bridgehead atoms. The number of aliphatic carboxylic acids is 1. The monoisotopic (exact) mass is 257 g/mol. The summed E-state index contributed by atoms with van der Waals surface area (Å²) in [6, 6.07) is -0.280. The van der Waals surface area contributed by atoms with E-state index in [1.165, 1.54) is 0 Å². The Balaban J connectivity index is 2.39. The second-order valence-electron chi connectivity index (χ2n) is 4.63. The minimum Gasteiger partial charge on any atom is -0.481 e. The van der Waals surface area contributed by atoms with Crippen molar-refractivity contribution in [2.24, 2.45) is 0 Å². The van der Waals surface area contributed by atoms with Gasteiger partial charge < -0.3 is 20.6 Å². The molecule has 3 N–H and O–H groups in total. The highest BCUT2D eigenvalue weighted by Gasteiger charge is 2.28. The van der Waals surface area contributed by atoms with Gasteiger partial charge in [-0.05, 0) is 39.3 Å². The topological polar surface area (TPSA) is 81.7 Å². The molecular weight excluding hydrogens is 234 g/mol. The molecule has 0 aromatic rings. The molecule has 1 rings (SSSR count). The van der Waals surface area contributed by atoms with Crippen molar-refractivity contribution in [1.82, 2.24) is 15.5 Å². The van der Waals surface area contributed by atoms with E-state index < -0.39 is 5.97 Å². The smallest absolute Gasteiger partial charge is 0.317 e. The molecule has 18 heavy (non-hydrogen) atoms. The van der Waals surface area contributed by atoms with Crippen molar-refractivity contribution in [2.75, 3.05) is 26.7 Å². The molecule has 2 amide bonds. The lowest BCUT2D eigenvalue weighted by Gasteiger charge is -2.34. The van der Waals surface area contributed by atoms with Crippen LogP contribution in [0.1, 0.15) is 32.1 Å². The van der Waals surface area contributed by atoms with Crippen molar-refractivity contribution in [3.63, 3.8) is 0 Å². The van der Waals surface area contributed by atoms with Crippen molar-refractivity contribution in [2.45, 2.75) is 38.1 Å². The van der Waals surface area contributed by atoms with Gasteiger partial charge >= 0.3 is 12.0 Å². The van der Waals surface area contributed by atoms with Gasteiger partial charge in [0.25, 0.3) is 0 Å². The van der Waals surface area contributed by atoms with Crippen LogP contribution < -0.4 is 10.6 Å². The number of carboxylic acid groups (broad SMARTS) is 1. The van der Waals surface area contributed by atoms with E-state index in [0.29, 0.717) is 13.1 Å². The van der Waals surface area contributed by atoms with Crippen LogP contribution in [0.5, 0.6) is 0 Å². The van der Waals surface area contributed by atoms with Crippen LogP contribution in [0.25, 0.3) is 0 Å². The molecule has 0 aromatic carbocycles. The second-order valence-corrected chi connectivity index (χ2v) is 4.63. The highest BCUT2D eigenvalue weighted by atomic mass is 16.4. The van der Waals surface area contributed by atoms with E-state index >= 15 is 0 Å². The average molecular weight is 257 g/mol. The minimum atomic E-state index is -0.838. The predicted octanol–water partition coefficient (Wildman–Crippen LogP) is 0.635. The summed E-state index contributed by atoms with van der Waals surface area (Å²) < 4.78 is 0. The Bertz CT molecular complexity index is 284. The molecule has 0 aliphatic carbocycles. The van der Waals surface area contributed by atoms with Crippen molar-refractivity contribution in [1.29, 1.82) is 0 Å². The number of carboxylic acids is 1. The van der Waals surface area contributed by atoms with E-state index in [1.54, 1.807) is 4.90 Å². The Kier molecular flexibility index (Phi) is 6.49. The van der Waals surface area contributed by atoms with Gasteiger partial charge in [-0.25, -0.2) is 4.79 Å². The van der Waals surface area contributed by atoms with Crippen LogP contribution in [-0.4, -0.2) is 54.7 Å². The van der Waals surface area contributed by atoms with E-state index in [-0.39, 0.29) is 18.5 Å². The SMILES string of the molecule is CNCCCNC(=O)N1CCCCC1CC(=O)O. The van der Waals surface area contributed by atoms with Crippen LogP contribution in [0.15, 0.2) is 0 Å². The summed E-state index contributed by atoms with van der Waals surface area (Å²) in [4.78, 5) is 24.4. The molecule has 0 aromatic heterocycles. The first-order valence-electron chi connectivity index (χ1n) is 6.56. The number of likely N-dealkylation sites (tertiary alicyclic amines) is 1. The molecule has 1 aliphatic rings. The van der Waals surface area contributed by atoms with Gasteiger partial charge in [0.2, 0.25) is 0 Å². The summed E-state index contributed by atoms with van der Waals surface area (Å²) in [5, 5.41) is 14.7. The maximum atomic E-state index is 12.0. The third-order valence-corrected chi connectivity index (χ3v) is 3.18. The van der Waals surface area contributed by atoms with Gasteiger partial charge in [0.05, 0.1) is 6.42 Å². The predicted molar refractivity (Wildman–Crippen MR) is 68.5 cm³/mol. The molecule has 1 heterocycles. The van der Waals surface area contributed by atoms with E-state index in [1.807, 2.05) is 7.05 Å². The number of rotatable bonds is 6. The van der Waals surface area contributed by atoms with Crippen molar-refractivity contribution < 1.29 is 14.7 Å². The number of carbonyl (C=O) groups is 2. The van der Waals surface area contributed by atoms with Gasteiger partial charge in [0.15, 0.2) is 0 Å². The fourth-order valence-electron chi connectivity index (χ4n) is 2.24. The Morgan fingerprint density at radius 3 is 2.78 bits per heavy atom. The van der Waals surface area contributed by atoms with Gasteiger partial charge in [-0.2, -0.15) is 0 Å². The molecule has 6 heteroatoms. The molecule has 1 aliphatic heterocycles. The van der Waals surface area contributed by atoms with Gasteiger partial charge in [-0.1, -0.05) is 0 Å². The number of hydrogen-bond acceptors (Lipinski definition) is 3. The standard InChI is InChI=1S/C12H23N3O3/c1-13-6-4-7-14-12(18)15-8-3-2-5-10(15)9-11(16)17/h10,13H,2-9H2,1H3,(H,14,18)(H,16,17). The molecule has 1 saturated heterocycles. The molecule has 6 nitrogen and oxygen atoms in total. The van der Waals surface area contributed by atoms with E-state index in [2.05, 4.69) is 10.6 Å². The number of carbonyl (C=O) groups excluding carboxylic acids is 1. The van der Waals surface area contributed by atoms with Gasteiger partial charge in [0, 0.05) is 19.1 Å². The Morgan fingerprint density at radius 1 is 1.33 bits per heavy atom. The summed E-state index contributed by atoms with van der Waals surface area (Å²) in [5.41, 5.74) is 0. The van der Waals surface area contributed by atoms with E-state index in [0.717, 1.165) is 32.2 Å². The summed E-state index contributed by atoms with van der Waals surface area (Å²) in [7, 11) is 1.87. The van der Waals surface area contributed by atoms with Crippen LogP contribution >= 0.6 is 0 Å². The lowest BCUT2D eigenvalue weighted by molar-refractivity contribution is -0.138. The van der Waals surface area contributed by atoms with Gasteiger partial charge in [-0.15, -0.1) is 0 Å². The first-order valence-corrected chi connectivity index (χ1v) is 6.56. The highest BCUT2D eigenvalue weighted by molar-refractivity contribution is 5.76. The van der Waals surface area contributed by atoms with Crippen LogP contribution in [0.3, 0.4) is 0 Å². The largest absolute Gasteiger partial charge is 0.481 e. The van der Waals surface area contributed by atoms with Crippen molar-refractivity contribution in [3.8, 4) is 0 Å². The third kappa shape index (κ3) is 4.91. The highest BCUT2D eigenvalue weighted by Crippen LogP contribution is 2.19. The zero-order valence-corrected chi connectivity index (χ0v) is 10.9. The van der Waals surface area contributed by atoms with Gasteiger partial charge in [0.1, 0.15) is 0 Å². The molecule has 1 fully saturated rings. The molecule has 104 valence electrons. The van der Waals surface area contributed by atoms with Crippen molar-refractivity contribution in [3.05, 3.63) is 0 Å². The number of urea groups is 1. The summed E-state index contributed by atoms with van der Waals surface area (Å²) >= 11 is 0. The van der Waals surface area contributed by atoms with Crippen LogP contribution in [0.4, 0.5) is 4.79 Å².